The van der Waals surface area contributed by atoms with Gasteiger partial charge in [-0.15, -0.1) is 0 Å². The van der Waals surface area contributed by atoms with Crippen molar-refractivity contribution in [1.82, 2.24) is 5.32 Å². The first-order valence-electron chi connectivity index (χ1n) is 6.20. The highest BCUT2D eigenvalue weighted by atomic mass is 79.9. The second kappa shape index (κ2) is 5.71. The lowest BCUT2D eigenvalue weighted by Crippen LogP contribution is -2.55. The summed E-state index contributed by atoms with van der Waals surface area (Å²) in [6.07, 6.45) is 0.802. The van der Waals surface area contributed by atoms with E-state index in [1.807, 2.05) is 25.1 Å². The lowest BCUT2D eigenvalue weighted by molar-refractivity contribution is -0.123. The standard InChI is InChI=1S/C13H18BrN3O/c1-2-11-13(18)16-5-6-17(11)12-4-3-9(8-15)7-10(12)14/h3-4,7,11H,2,5-6,8,15H2,1H3,(H,16,18). The average Bonchev–Trinajstić information content (AvgIpc) is 2.38. The molecular formula is C13H18BrN3O. The maximum atomic E-state index is 11.9. The molecule has 0 saturated carbocycles. The molecule has 18 heavy (non-hydrogen) atoms. The van der Waals surface area contributed by atoms with Crippen LogP contribution in [-0.4, -0.2) is 25.0 Å². The molecule has 1 aliphatic rings. The van der Waals surface area contributed by atoms with Crippen LogP contribution in [0.15, 0.2) is 22.7 Å². The number of halogens is 1. The number of amides is 1. The number of nitrogens with two attached hydrogens (primary N) is 1. The van der Waals surface area contributed by atoms with Crippen molar-refractivity contribution in [2.75, 3.05) is 18.0 Å². The van der Waals surface area contributed by atoms with Gasteiger partial charge in [0, 0.05) is 24.1 Å². The predicted molar refractivity (Wildman–Crippen MR) is 76.5 cm³/mol. The Kier molecular flexibility index (Phi) is 4.24. The van der Waals surface area contributed by atoms with E-state index in [1.54, 1.807) is 0 Å². The first-order chi connectivity index (χ1) is 8.67. The molecule has 1 aromatic carbocycles. The molecular weight excluding hydrogens is 294 g/mol. The normalized spacial score (nSPS) is 19.8. The summed E-state index contributed by atoms with van der Waals surface area (Å²) in [5.41, 5.74) is 7.77. The van der Waals surface area contributed by atoms with Crippen molar-refractivity contribution < 1.29 is 4.79 Å². The number of rotatable bonds is 3. The van der Waals surface area contributed by atoms with Crippen molar-refractivity contribution in [2.45, 2.75) is 25.9 Å². The average molecular weight is 312 g/mol. The SMILES string of the molecule is CCC1C(=O)NCCN1c1ccc(CN)cc1Br. The van der Waals surface area contributed by atoms with E-state index in [0.29, 0.717) is 13.1 Å². The number of piperazine rings is 1. The van der Waals surface area contributed by atoms with Crippen LogP contribution in [0.3, 0.4) is 0 Å². The Morgan fingerprint density at radius 1 is 1.56 bits per heavy atom. The molecule has 98 valence electrons. The highest BCUT2D eigenvalue weighted by Crippen LogP contribution is 2.30. The predicted octanol–water partition coefficient (Wildman–Crippen LogP) is 1.62. The molecule has 3 N–H and O–H groups in total. The summed E-state index contributed by atoms with van der Waals surface area (Å²) in [5, 5.41) is 2.91. The van der Waals surface area contributed by atoms with Crippen LogP contribution < -0.4 is 16.0 Å². The Bertz CT molecular complexity index is 450. The molecule has 1 unspecified atom stereocenters. The van der Waals surface area contributed by atoms with E-state index < -0.39 is 0 Å². The number of hydrogen-bond acceptors (Lipinski definition) is 3. The molecule has 1 amide bonds. The molecule has 0 bridgehead atoms. The molecule has 0 aliphatic carbocycles. The van der Waals surface area contributed by atoms with Gasteiger partial charge in [-0.25, -0.2) is 0 Å². The molecule has 0 aromatic heterocycles. The van der Waals surface area contributed by atoms with Crippen LogP contribution in [0.1, 0.15) is 18.9 Å². The van der Waals surface area contributed by atoms with Gasteiger partial charge in [-0.1, -0.05) is 13.0 Å². The lowest BCUT2D eigenvalue weighted by atomic mass is 10.1. The number of hydrogen-bond donors (Lipinski definition) is 2. The van der Waals surface area contributed by atoms with Gasteiger partial charge in [-0.2, -0.15) is 0 Å². The van der Waals surface area contributed by atoms with Crippen LogP contribution in [0.5, 0.6) is 0 Å². The van der Waals surface area contributed by atoms with Crippen molar-refractivity contribution >= 4 is 27.5 Å². The van der Waals surface area contributed by atoms with Crippen LogP contribution in [0.25, 0.3) is 0 Å². The van der Waals surface area contributed by atoms with Crippen LogP contribution in [0.4, 0.5) is 5.69 Å². The first-order valence-corrected chi connectivity index (χ1v) is 6.99. The quantitative estimate of drug-likeness (QED) is 0.892. The Balaban J connectivity index is 2.31. The van der Waals surface area contributed by atoms with Crippen molar-refractivity contribution in [3.63, 3.8) is 0 Å². The molecule has 0 radical (unpaired) electrons. The maximum absolute atomic E-state index is 11.9. The molecule has 1 fully saturated rings. The fraction of sp³-hybridized carbons (Fsp3) is 0.462. The van der Waals surface area contributed by atoms with E-state index in [-0.39, 0.29) is 11.9 Å². The molecule has 1 aromatic rings. The highest BCUT2D eigenvalue weighted by molar-refractivity contribution is 9.10. The summed E-state index contributed by atoms with van der Waals surface area (Å²) in [6, 6.07) is 5.99. The largest absolute Gasteiger partial charge is 0.357 e. The third kappa shape index (κ3) is 2.52. The Hall–Kier alpha value is -1.07. The minimum absolute atomic E-state index is 0.0845. The zero-order valence-corrected chi connectivity index (χ0v) is 12.0. The number of anilines is 1. The van der Waals surface area contributed by atoms with Gasteiger partial charge in [0.1, 0.15) is 6.04 Å². The Morgan fingerprint density at radius 2 is 2.33 bits per heavy atom. The Labute approximate surface area is 116 Å². The third-order valence-corrected chi connectivity index (χ3v) is 3.91. The molecule has 4 nitrogen and oxygen atoms in total. The fourth-order valence-electron chi connectivity index (χ4n) is 2.32. The van der Waals surface area contributed by atoms with Gasteiger partial charge in [0.25, 0.3) is 0 Å². The summed E-state index contributed by atoms with van der Waals surface area (Å²) in [4.78, 5) is 14.0. The molecule has 1 atom stereocenters. The van der Waals surface area contributed by atoms with Gasteiger partial charge in [0.15, 0.2) is 0 Å². The van der Waals surface area contributed by atoms with Crippen LogP contribution in [-0.2, 0) is 11.3 Å². The lowest BCUT2D eigenvalue weighted by Gasteiger charge is -2.37. The van der Waals surface area contributed by atoms with Gasteiger partial charge in [-0.3, -0.25) is 4.79 Å². The van der Waals surface area contributed by atoms with Crippen molar-refractivity contribution in [1.29, 1.82) is 0 Å². The van der Waals surface area contributed by atoms with Crippen molar-refractivity contribution in [2.24, 2.45) is 5.73 Å². The molecule has 0 spiro atoms. The summed E-state index contributed by atoms with van der Waals surface area (Å²) in [5.74, 6) is 0.110. The maximum Gasteiger partial charge on any atom is 0.242 e. The molecule has 5 heteroatoms. The van der Waals surface area contributed by atoms with Gasteiger partial charge in [0.2, 0.25) is 5.91 Å². The van der Waals surface area contributed by atoms with Gasteiger partial charge in [0.05, 0.1) is 5.69 Å². The number of nitrogens with zero attached hydrogens (tertiary/aromatic N) is 1. The van der Waals surface area contributed by atoms with E-state index in [2.05, 4.69) is 26.1 Å². The van der Waals surface area contributed by atoms with E-state index >= 15 is 0 Å². The fourth-order valence-corrected chi connectivity index (χ4v) is 2.97. The molecule has 2 rings (SSSR count). The number of carbonyl (C=O) groups excluding carboxylic acids is 1. The number of carbonyl (C=O) groups is 1. The number of nitrogens with one attached hydrogen (secondary N) is 1. The van der Waals surface area contributed by atoms with Crippen LogP contribution in [0, 0.1) is 0 Å². The number of benzene rings is 1. The highest BCUT2D eigenvalue weighted by Gasteiger charge is 2.29. The molecule has 1 saturated heterocycles. The summed E-state index contributed by atoms with van der Waals surface area (Å²) in [7, 11) is 0. The minimum atomic E-state index is -0.0845. The van der Waals surface area contributed by atoms with Gasteiger partial charge >= 0.3 is 0 Å². The van der Waals surface area contributed by atoms with E-state index in [9.17, 15) is 4.79 Å². The third-order valence-electron chi connectivity index (χ3n) is 3.27. The monoisotopic (exact) mass is 311 g/mol. The second-order valence-corrected chi connectivity index (χ2v) is 5.25. The van der Waals surface area contributed by atoms with Crippen molar-refractivity contribution in [3.8, 4) is 0 Å². The Morgan fingerprint density at radius 3 is 2.94 bits per heavy atom. The smallest absolute Gasteiger partial charge is 0.242 e. The zero-order valence-electron chi connectivity index (χ0n) is 10.4. The summed E-state index contributed by atoms with van der Waals surface area (Å²) < 4.78 is 0.999. The molecule has 1 heterocycles. The summed E-state index contributed by atoms with van der Waals surface area (Å²) >= 11 is 3.57. The minimum Gasteiger partial charge on any atom is -0.357 e. The first kappa shape index (κ1) is 13.4. The second-order valence-electron chi connectivity index (χ2n) is 4.40. The summed E-state index contributed by atoms with van der Waals surface area (Å²) in [6.45, 7) is 4.09. The zero-order chi connectivity index (χ0) is 13.1. The van der Waals surface area contributed by atoms with Crippen LogP contribution >= 0.6 is 15.9 Å². The van der Waals surface area contributed by atoms with E-state index in [1.165, 1.54) is 0 Å². The van der Waals surface area contributed by atoms with E-state index in [4.69, 9.17) is 5.73 Å². The topological polar surface area (TPSA) is 58.4 Å². The molecule has 1 aliphatic heterocycles. The van der Waals surface area contributed by atoms with E-state index in [0.717, 1.165) is 28.7 Å². The van der Waals surface area contributed by atoms with Crippen LogP contribution in [0.2, 0.25) is 0 Å². The van der Waals surface area contributed by atoms with Gasteiger partial charge in [-0.05, 0) is 40.0 Å². The van der Waals surface area contributed by atoms with Gasteiger partial charge < -0.3 is 16.0 Å². The van der Waals surface area contributed by atoms with Crippen molar-refractivity contribution in [3.05, 3.63) is 28.2 Å².